The molecule has 4 rings (SSSR count). The fourth-order valence-corrected chi connectivity index (χ4v) is 4.58. The summed E-state index contributed by atoms with van der Waals surface area (Å²) in [5, 5.41) is 10.7. The normalized spacial score (nSPS) is 14.5. The highest BCUT2D eigenvalue weighted by Crippen LogP contribution is 2.36. The van der Waals surface area contributed by atoms with Crippen molar-refractivity contribution >= 4 is 57.3 Å². The van der Waals surface area contributed by atoms with Crippen LogP contribution in [0.5, 0.6) is 5.75 Å². The molecule has 7 nitrogen and oxygen atoms in total. The number of thioether (sulfide) groups is 1. The van der Waals surface area contributed by atoms with E-state index >= 15 is 0 Å². The van der Waals surface area contributed by atoms with Gasteiger partial charge in [0.2, 0.25) is 0 Å². The van der Waals surface area contributed by atoms with Gasteiger partial charge in [-0.1, -0.05) is 36.1 Å². The Labute approximate surface area is 206 Å². The van der Waals surface area contributed by atoms with Gasteiger partial charge in [0, 0.05) is 31.9 Å². The predicted molar refractivity (Wildman–Crippen MR) is 140 cm³/mol. The molecule has 0 spiro atoms. The minimum atomic E-state index is -0.433. The highest BCUT2D eigenvalue weighted by molar-refractivity contribution is 8.27. The molecule has 0 aliphatic carbocycles. The number of carbonyl (C=O) groups excluding carboxylic acids is 1. The van der Waals surface area contributed by atoms with E-state index in [1.807, 2.05) is 73.6 Å². The van der Waals surface area contributed by atoms with Crippen LogP contribution in [0.3, 0.4) is 0 Å². The lowest BCUT2D eigenvalue weighted by Crippen LogP contribution is -2.27. The van der Waals surface area contributed by atoms with Crippen LogP contribution in [0, 0.1) is 10.1 Å². The third kappa shape index (κ3) is 5.27. The van der Waals surface area contributed by atoms with Crippen molar-refractivity contribution in [3.63, 3.8) is 0 Å². The zero-order valence-corrected chi connectivity index (χ0v) is 20.1. The Balaban J connectivity index is 1.41. The Kier molecular flexibility index (Phi) is 6.95. The Bertz CT molecular complexity index is 1250. The minimum Gasteiger partial charge on any atom is -0.489 e. The molecule has 0 N–H and O–H groups in total. The van der Waals surface area contributed by atoms with Crippen LogP contribution in [-0.2, 0) is 11.4 Å². The van der Waals surface area contributed by atoms with E-state index in [1.54, 1.807) is 17.0 Å². The summed E-state index contributed by atoms with van der Waals surface area (Å²) < 4.78 is 6.26. The van der Waals surface area contributed by atoms with Gasteiger partial charge in [-0.3, -0.25) is 19.8 Å². The Hall–Kier alpha value is -3.69. The minimum absolute atomic E-state index is 0.0455. The number of hydrogen-bond donors (Lipinski definition) is 0. The molecule has 0 radical (unpaired) electrons. The number of rotatable bonds is 7. The van der Waals surface area contributed by atoms with Crippen molar-refractivity contribution in [2.45, 2.75) is 6.61 Å². The molecule has 172 valence electrons. The summed E-state index contributed by atoms with van der Waals surface area (Å²) in [6, 6.07) is 21.3. The highest BCUT2D eigenvalue weighted by Gasteiger charge is 2.33. The lowest BCUT2D eigenvalue weighted by Gasteiger charge is -2.17. The first-order valence-electron chi connectivity index (χ1n) is 10.3. The molecule has 3 aromatic rings. The summed E-state index contributed by atoms with van der Waals surface area (Å²) in [7, 11) is 3.92. The van der Waals surface area contributed by atoms with Crippen LogP contribution in [0.2, 0.25) is 0 Å². The van der Waals surface area contributed by atoms with E-state index < -0.39 is 4.92 Å². The molecule has 0 aromatic heterocycles. The van der Waals surface area contributed by atoms with Gasteiger partial charge in [0.05, 0.1) is 15.5 Å². The number of benzene rings is 3. The summed E-state index contributed by atoms with van der Waals surface area (Å²) >= 11 is 6.74. The zero-order valence-electron chi connectivity index (χ0n) is 18.5. The molecular formula is C25H21N3O4S2. The molecule has 0 atom stereocenters. The average Bonchev–Trinajstić information content (AvgIpc) is 3.11. The Morgan fingerprint density at radius 2 is 1.68 bits per heavy atom. The lowest BCUT2D eigenvalue weighted by atomic mass is 10.2. The number of nitrogens with zero attached hydrogens (tertiary/aromatic N) is 3. The van der Waals surface area contributed by atoms with Crippen molar-refractivity contribution in [2.75, 3.05) is 23.9 Å². The van der Waals surface area contributed by atoms with E-state index in [4.69, 9.17) is 17.0 Å². The van der Waals surface area contributed by atoms with Crippen molar-refractivity contribution < 1.29 is 14.5 Å². The SMILES string of the molecule is CN(C)c1ccc(N2C(=O)/C(=C\c3ccc(OCc4ccc([N+](=O)[O-])cc4)cc3)SC2=S)cc1. The smallest absolute Gasteiger partial charge is 0.270 e. The van der Waals surface area contributed by atoms with Crippen LogP contribution in [0.4, 0.5) is 17.1 Å². The lowest BCUT2D eigenvalue weighted by molar-refractivity contribution is -0.384. The first-order chi connectivity index (χ1) is 16.3. The number of carbonyl (C=O) groups is 1. The van der Waals surface area contributed by atoms with E-state index in [0.29, 0.717) is 21.6 Å². The van der Waals surface area contributed by atoms with Crippen LogP contribution in [0.1, 0.15) is 11.1 Å². The molecular weight excluding hydrogens is 470 g/mol. The van der Waals surface area contributed by atoms with E-state index in [0.717, 1.165) is 22.5 Å². The molecule has 9 heteroatoms. The molecule has 1 aliphatic rings. The van der Waals surface area contributed by atoms with Gasteiger partial charge in [-0.2, -0.15) is 0 Å². The second-order valence-corrected chi connectivity index (χ2v) is 9.38. The fourth-order valence-electron chi connectivity index (χ4n) is 3.28. The standard InChI is InChI=1S/C25H21N3O4S2/c1-26(2)19-9-11-20(12-10-19)27-24(29)23(34-25(27)33)15-17-5-13-22(14-6-17)32-16-18-3-7-21(8-4-18)28(30)31/h3-15H,16H2,1-2H3/b23-15+. The van der Waals surface area contributed by atoms with Crippen molar-refractivity contribution in [3.05, 3.63) is 98.9 Å². The van der Waals surface area contributed by atoms with Crippen LogP contribution < -0.4 is 14.5 Å². The van der Waals surface area contributed by atoms with Crippen LogP contribution >= 0.6 is 24.0 Å². The molecule has 0 saturated carbocycles. The average molecular weight is 492 g/mol. The van der Waals surface area contributed by atoms with Gasteiger partial charge in [0.25, 0.3) is 11.6 Å². The number of ether oxygens (including phenoxy) is 1. The summed E-state index contributed by atoms with van der Waals surface area (Å²) in [4.78, 5) is 27.4. The number of amides is 1. The predicted octanol–water partition coefficient (Wildman–Crippen LogP) is 5.65. The summed E-state index contributed by atoms with van der Waals surface area (Å²) in [5.41, 5.74) is 3.51. The molecule has 0 unspecified atom stereocenters. The number of hydrogen-bond acceptors (Lipinski definition) is 7. The molecule has 1 aliphatic heterocycles. The van der Waals surface area contributed by atoms with Crippen LogP contribution in [0.15, 0.2) is 77.7 Å². The third-order valence-corrected chi connectivity index (χ3v) is 6.45. The van der Waals surface area contributed by atoms with Gasteiger partial charge in [-0.25, -0.2) is 0 Å². The first kappa shape index (κ1) is 23.5. The topological polar surface area (TPSA) is 75.9 Å². The van der Waals surface area contributed by atoms with Gasteiger partial charge >= 0.3 is 0 Å². The molecule has 1 saturated heterocycles. The van der Waals surface area contributed by atoms with Gasteiger partial charge in [0.1, 0.15) is 12.4 Å². The highest BCUT2D eigenvalue weighted by atomic mass is 32.2. The van der Waals surface area contributed by atoms with Gasteiger partial charge in [0.15, 0.2) is 4.32 Å². The number of non-ortho nitro benzene ring substituents is 1. The number of thiocarbonyl (C=S) groups is 1. The zero-order chi connectivity index (χ0) is 24.2. The van der Waals surface area contributed by atoms with E-state index in [9.17, 15) is 14.9 Å². The summed E-state index contributed by atoms with van der Waals surface area (Å²) in [6.45, 7) is 0.294. The van der Waals surface area contributed by atoms with Crippen molar-refractivity contribution in [1.29, 1.82) is 0 Å². The maximum absolute atomic E-state index is 13.0. The van der Waals surface area contributed by atoms with Crippen molar-refractivity contribution in [2.24, 2.45) is 0 Å². The first-order valence-corrected chi connectivity index (χ1v) is 11.6. The Morgan fingerprint density at radius 3 is 2.26 bits per heavy atom. The fraction of sp³-hybridized carbons (Fsp3) is 0.120. The van der Waals surface area contributed by atoms with E-state index in [2.05, 4.69) is 0 Å². The molecule has 1 heterocycles. The summed E-state index contributed by atoms with van der Waals surface area (Å²) in [5.74, 6) is 0.509. The van der Waals surface area contributed by atoms with Gasteiger partial charge < -0.3 is 9.64 Å². The van der Waals surface area contributed by atoms with E-state index in [-0.39, 0.29) is 11.6 Å². The monoisotopic (exact) mass is 491 g/mol. The molecule has 3 aromatic carbocycles. The van der Waals surface area contributed by atoms with Gasteiger partial charge in [-0.15, -0.1) is 0 Å². The quantitative estimate of drug-likeness (QED) is 0.183. The van der Waals surface area contributed by atoms with E-state index in [1.165, 1.54) is 23.9 Å². The molecule has 0 bridgehead atoms. The largest absolute Gasteiger partial charge is 0.489 e. The molecule has 1 fully saturated rings. The van der Waals surface area contributed by atoms with Crippen molar-refractivity contribution in [1.82, 2.24) is 0 Å². The maximum Gasteiger partial charge on any atom is 0.270 e. The maximum atomic E-state index is 13.0. The molecule has 34 heavy (non-hydrogen) atoms. The van der Waals surface area contributed by atoms with Crippen molar-refractivity contribution in [3.8, 4) is 5.75 Å². The molecule has 1 amide bonds. The number of nitro benzene ring substituents is 1. The van der Waals surface area contributed by atoms with Crippen LogP contribution in [-0.4, -0.2) is 29.2 Å². The second-order valence-electron chi connectivity index (χ2n) is 7.71. The second kappa shape index (κ2) is 10.1. The number of anilines is 2. The number of nitro groups is 1. The van der Waals surface area contributed by atoms with Gasteiger partial charge in [-0.05, 0) is 65.7 Å². The van der Waals surface area contributed by atoms with Crippen LogP contribution in [0.25, 0.3) is 6.08 Å². The Morgan fingerprint density at radius 1 is 1.03 bits per heavy atom. The third-order valence-electron chi connectivity index (χ3n) is 5.15. The summed E-state index contributed by atoms with van der Waals surface area (Å²) in [6.07, 6.45) is 1.81.